The van der Waals surface area contributed by atoms with Crippen LogP contribution in [-0.4, -0.2) is 4.98 Å². The number of aromatic nitrogens is 1. The molecule has 0 amide bonds. The predicted molar refractivity (Wildman–Crippen MR) is 96.2 cm³/mol. The summed E-state index contributed by atoms with van der Waals surface area (Å²) in [6.07, 6.45) is 1.44. The summed E-state index contributed by atoms with van der Waals surface area (Å²) in [5.41, 5.74) is 9.22. The van der Waals surface area contributed by atoms with E-state index in [-0.39, 0.29) is 23.2 Å². The Morgan fingerprint density at radius 2 is 1.84 bits per heavy atom. The summed E-state index contributed by atoms with van der Waals surface area (Å²) >= 11 is 0. The van der Waals surface area contributed by atoms with Gasteiger partial charge in [-0.05, 0) is 35.3 Å². The van der Waals surface area contributed by atoms with Gasteiger partial charge in [0.15, 0.2) is 0 Å². The van der Waals surface area contributed by atoms with Gasteiger partial charge in [0.1, 0.15) is 17.2 Å². The van der Waals surface area contributed by atoms with Crippen molar-refractivity contribution < 1.29 is 0 Å². The van der Waals surface area contributed by atoms with E-state index in [4.69, 9.17) is 5.53 Å². The van der Waals surface area contributed by atoms with Gasteiger partial charge in [0, 0.05) is 22.8 Å². The molecule has 8 nitrogen and oxygen atoms in total. The summed E-state index contributed by atoms with van der Waals surface area (Å²) in [6, 6.07) is 12.5. The molecule has 2 N–H and O–H groups in total. The van der Waals surface area contributed by atoms with Gasteiger partial charge in [-0.1, -0.05) is 30.3 Å². The van der Waals surface area contributed by atoms with Crippen LogP contribution in [-0.2, 0) is 0 Å². The molecule has 0 aliphatic rings. The molecule has 25 heavy (non-hydrogen) atoms. The molecule has 0 aliphatic carbocycles. The third-order valence-electron chi connectivity index (χ3n) is 3.73. The molecule has 0 radical (unpaired) electrons. The first-order valence-electron chi connectivity index (χ1n) is 7.53. The van der Waals surface area contributed by atoms with Gasteiger partial charge in [-0.15, -0.1) is 0 Å². The van der Waals surface area contributed by atoms with Crippen molar-refractivity contribution in [1.82, 2.24) is 4.98 Å². The van der Waals surface area contributed by atoms with Crippen molar-refractivity contribution in [2.24, 2.45) is 5.11 Å². The summed E-state index contributed by atoms with van der Waals surface area (Å²) < 4.78 is 0. The Kier molecular flexibility index (Phi) is 4.45. The molecular weight excluding hydrogens is 320 g/mol. The van der Waals surface area contributed by atoms with Gasteiger partial charge in [0.2, 0.25) is 0 Å². The number of anilines is 3. The Morgan fingerprint density at radius 1 is 1.12 bits per heavy atom. The molecule has 1 atom stereocenters. The predicted octanol–water partition coefficient (Wildman–Crippen LogP) is 3.54. The third-order valence-corrected chi connectivity index (χ3v) is 3.73. The van der Waals surface area contributed by atoms with Crippen LogP contribution in [0, 0.1) is 0 Å². The highest BCUT2D eigenvalue weighted by molar-refractivity contribution is 5.79. The second-order valence-corrected chi connectivity index (χ2v) is 5.40. The first-order valence-corrected chi connectivity index (χ1v) is 7.53. The van der Waals surface area contributed by atoms with E-state index in [1.54, 1.807) is 6.07 Å². The molecule has 0 spiro atoms. The number of azide groups is 1. The standard InChI is InChI=1S/C17H14N6O2/c1-10(11-5-3-2-4-6-11)20-14-15(17(25)16(14)24)21-12-7-8-19-13(9-12)22-23-18/h2-10,20H,1H3,(H,19,21)/t10-/m1/s1. The largest absolute Gasteiger partial charge is 0.373 e. The van der Waals surface area contributed by atoms with Crippen LogP contribution in [0.1, 0.15) is 18.5 Å². The minimum absolute atomic E-state index is 0.138. The van der Waals surface area contributed by atoms with Crippen molar-refractivity contribution in [1.29, 1.82) is 0 Å². The number of rotatable bonds is 6. The summed E-state index contributed by atoms with van der Waals surface area (Å²) in [4.78, 5) is 30.3. The summed E-state index contributed by atoms with van der Waals surface area (Å²) in [5.74, 6) is 0.165. The van der Waals surface area contributed by atoms with E-state index in [2.05, 4.69) is 25.6 Å². The minimum Gasteiger partial charge on any atom is -0.373 e. The fourth-order valence-corrected chi connectivity index (χ4v) is 2.43. The first-order chi connectivity index (χ1) is 12.1. The van der Waals surface area contributed by atoms with Gasteiger partial charge in [0.25, 0.3) is 10.9 Å². The maximum Gasteiger partial charge on any atom is 0.253 e. The maximum absolute atomic E-state index is 11.9. The van der Waals surface area contributed by atoms with Crippen LogP contribution in [0.2, 0.25) is 0 Å². The van der Waals surface area contributed by atoms with Crippen molar-refractivity contribution in [3.63, 3.8) is 0 Å². The van der Waals surface area contributed by atoms with Crippen molar-refractivity contribution >= 4 is 22.9 Å². The Hall–Kier alpha value is -3.64. The lowest BCUT2D eigenvalue weighted by atomic mass is 10.1. The maximum atomic E-state index is 11.9. The molecule has 0 saturated carbocycles. The summed E-state index contributed by atoms with van der Waals surface area (Å²) in [7, 11) is 0. The average molecular weight is 334 g/mol. The van der Waals surface area contributed by atoms with Crippen molar-refractivity contribution in [3.05, 3.63) is 85.1 Å². The molecule has 8 heteroatoms. The Labute approximate surface area is 142 Å². The highest BCUT2D eigenvalue weighted by Crippen LogP contribution is 2.26. The van der Waals surface area contributed by atoms with Gasteiger partial charge in [-0.25, -0.2) is 0 Å². The molecular formula is C17H14N6O2. The zero-order chi connectivity index (χ0) is 17.8. The quantitative estimate of drug-likeness (QED) is 0.309. The van der Waals surface area contributed by atoms with E-state index in [9.17, 15) is 9.59 Å². The van der Waals surface area contributed by atoms with Crippen LogP contribution in [0.4, 0.5) is 22.9 Å². The van der Waals surface area contributed by atoms with Crippen LogP contribution >= 0.6 is 0 Å². The molecule has 0 aliphatic heterocycles. The average Bonchev–Trinajstić information content (AvgIpc) is 2.65. The zero-order valence-electron chi connectivity index (χ0n) is 13.3. The molecule has 0 fully saturated rings. The molecule has 0 bridgehead atoms. The van der Waals surface area contributed by atoms with Crippen molar-refractivity contribution in [3.8, 4) is 0 Å². The topological polar surface area (TPSA) is 120 Å². The number of nitrogens with zero attached hydrogens (tertiary/aromatic N) is 4. The highest BCUT2D eigenvalue weighted by atomic mass is 16.2. The smallest absolute Gasteiger partial charge is 0.253 e. The summed E-state index contributed by atoms with van der Waals surface area (Å²) in [6.45, 7) is 1.90. The van der Waals surface area contributed by atoms with E-state index >= 15 is 0 Å². The van der Waals surface area contributed by atoms with E-state index < -0.39 is 10.9 Å². The van der Waals surface area contributed by atoms with Crippen LogP contribution in [0.3, 0.4) is 0 Å². The second-order valence-electron chi connectivity index (χ2n) is 5.40. The van der Waals surface area contributed by atoms with Crippen molar-refractivity contribution in [2.75, 3.05) is 10.6 Å². The number of hydrogen-bond donors (Lipinski definition) is 2. The van der Waals surface area contributed by atoms with Crippen molar-refractivity contribution in [2.45, 2.75) is 13.0 Å². The summed E-state index contributed by atoms with van der Waals surface area (Å²) in [5, 5.41) is 9.37. The molecule has 1 aromatic heterocycles. The van der Waals surface area contributed by atoms with Crippen LogP contribution < -0.4 is 21.5 Å². The second kappa shape index (κ2) is 6.86. The van der Waals surface area contributed by atoms with E-state index in [0.717, 1.165) is 5.56 Å². The van der Waals surface area contributed by atoms with E-state index in [1.165, 1.54) is 12.3 Å². The molecule has 1 heterocycles. The van der Waals surface area contributed by atoms with Gasteiger partial charge in [0.05, 0.1) is 0 Å². The van der Waals surface area contributed by atoms with E-state index in [1.807, 2.05) is 37.3 Å². The van der Waals surface area contributed by atoms with Gasteiger partial charge < -0.3 is 10.6 Å². The van der Waals surface area contributed by atoms with Gasteiger partial charge in [-0.2, -0.15) is 0 Å². The number of hydrogen-bond acceptors (Lipinski definition) is 6. The van der Waals surface area contributed by atoms with Crippen LogP contribution in [0.15, 0.2) is 63.4 Å². The number of benzene rings is 1. The van der Waals surface area contributed by atoms with Gasteiger partial charge in [-0.3, -0.25) is 14.6 Å². The Morgan fingerprint density at radius 3 is 2.56 bits per heavy atom. The fraction of sp³-hybridized carbons (Fsp3) is 0.118. The monoisotopic (exact) mass is 334 g/mol. The number of pyridine rings is 1. The van der Waals surface area contributed by atoms with Crippen LogP contribution in [0.25, 0.3) is 10.4 Å². The number of nitrogens with one attached hydrogen (secondary N) is 2. The fourth-order valence-electron chi connectivity index (χ4n) is 2.43. The Bertz CT molecular complexity index is 1020. The van der Waals surface area contributed by atoms with E-state index in [0.29, 0.717) is 5.69 Å². The normalized spacial score (nSPS) is 11.6. The van der Waals surface area contributed by atoms with Gasteiger partial charge >= 0.3 is 0 Å². The lowest BCUT2D eigenvalue weighted by Gasteiger charge is -2.20. The molecule has 0 unspecified atom stereocenters. The molecule has 3 rings (SSSR count). The Balaban J connectivity index is 1.83. The molecule has 3 aromatic rings. The first kappa shape index (κ1) is 16.2. The molecule has 124 valence electrons. The highest BCUT2D eigenvalue weighted by Gasteiger charge is 2.22. The zero-order valence-corrected chi connectivity index (χ0v) is 13.3. The minimum atomic E-state index is -0.593. The lowest BCUT2D eigenvalue weighted by Crippen LogP contribution is -2.37. The molecule has 0 saturated heterocycles. The third kappa shape index (κ3) is 3.34. The van der Waals surface area contributed by atoms with Crippen LogP contribution in [0.5, 0.6) is 0 Å². The lowest BCUT2D eigenvalue weighted by molar-refractivity contribution is 0.880. The molecule has 2 aromatic carbocycles. The SMILES string of the molecule is C[C@@H](Nc1c(Nc2ccnc(N=[N+]=[N-])c2)c(=O)c1=O)c1ccccc1.